The molecule has 1 heterocycles. The van der Waals surface area contributed by atoms with Crippen molar-refractivity contribution >= 4 is 21.9 Å². The molecule has 1 atom stereocenters. The highest BCUT2D eigenvalue weighted by atomic mass is 79.9. The summed E-state index contributed by atoms with van der Waals surface area (Å²) in [6.45, 7) is 0. The van der Waals surface area contributed by atoms with E-state index in [4.69, 9.17) is 4.74 Å². The van der Waals surface area contributed by atoms with E-state index >= 15 is 0 Å². The summed E-state index contributed by atoms with van der Waals surface area (Å²) >= 11 is 3.37. The zero-order valence-corrected chi connectivity index (χ0v) is 11.8. The molecule has 0 saturated heterocycles. The van der Waals surface area contributed by atoms with Crippen molar-refractivity contribution in [2.24, 2.45) is 0 Å². The van der Waals surface area contributed by atoms with Crippen molar-refractivity contribution in [2.45, 2.75) is 5.92 Å². The predicted molar refractivity (Wildman–Crippen MR) is 74.4 cm³/mol. The van der Waals surface area contributed by atoms with Gasteiger partial charge in [0.05, 0.1) is 11.6 Å². The molecule has 0 spiro atoms. The summed E-state index contributed by atoms with van der Waals surface area (Å²) in [7, 11) is 1.57. The van der Waals surface area contributed by atoms with Crippen LogP contribution >= 0.6 is 15.9 Å². The topological polar surface area (TPSA) is 59.4 Å². The summed E-state index contributed by atoms with van der Waals surface area (Å²) in [5.41, 5.74) is 1.38. The Balaban J connectivity index is 2.46. The van der Waals surface area contributed by atoms with Crippen molar-refractivity contribution in [3.63, 3.8) is 0 Å². The maximum atomic E-state index is 11.5. The quantitative estimate of drug-likeness (QED) is 0.940. The lowest BCUT2D eigenvalue weighted by atomic mass is 9.92. The van der Waals surface area contributed by atoms with E-state index in [0.29, 0.717) is 16.9 Å². The van der Waals surface area contributed by atoms with Gasteiger partial charge in [-0.25, -0.2) is 0 Å². The van der Waals surface area contributed by atoms with Gasteiger partial charge in [-0.15, -0.1) is 0 Å². The molecule has 0 aliphatic rings. The molecule has 0 aliphatic heterocycles. The number of hydrogen-bond donors (Lipinski definition) is 1. The molecule has 5 heteroatoms. The standard InChI is InChI=1S/C14H12BrNO3/c1-19-12-3-2-10(8-11(12)15)13(14(17)18)9-4-6-16-7-5-9/h2-8,13H,1H3,(H,17,18). The van der Waals surface area contributed by atoms with E-state index in [1.54, 1.807) is 49.8 Å². The minimum atomic E-state index is -0.900. The third-order valence-electron chi connectivity index (χ3n) is 2.80. The number of aromatic nitrogens is 1. The highest BCUT2D eigenvalue weighted by Crippen LogP contribution is 2.31. The van der Waals surface area contributed by atoms with Crippen molar-refractivity contribution in [1.82, 2.24) is 4.98 Å². The fraction of sp³-hybridized carbons (Fsp3) is 0.143. The number of methoxy groups -OCH3 is 1. The van der Waals surface area contributed by atoms with Gasteiger partial charge in [0.2, 0.25) is 0 Å². The van der Waals surface area contributed by atoms with Gasteiger partial charge in [0.15, 0.2) is 0 Å². The number of halogens is 1. The number of rotatable bonds is 4. The van der Waals surface area contributed by atoms with Gasteiger partial charge in [-0.3, -0.25) is 9.78 Å². The maximum absolute atomic E-state index is 11.5. The Labute approximate surface area is 119 Å². The average molecular weight is 322 g/mol. The number of carboxylic acids is 1. The van der Waals surface area contributed by atoms with E-state index in [-0.39, 0.29) is 0 Å². The van der Waals surface area contributed by atoms with Crippen LogP contribution in [0.1, 0.15) is 17.0 Å². The fourth-order valence-corrected chi connectivity index (χ4v) is 2.45. The Hall–Kier alpha value is -1.88. The van der Waals surface area contributed by atoms with Crippen LogP contribution in [0.4, 0.5) is 0 Å². The number of hydrogen-bond acceptors (Lipinski definition) is 3. The minimum absolute atomic E-state index is 0.669. The molecule has 98 valence electrons. The van der Waals surface area contributed by atoms with Gasteiger partial charge in [0.25, 0.3) is 0 Å². The number of carboxylic acid groups (broad SMARTS) is 1. The van der Waals surface area contributed by atoms with Crippen molar-refractivity contribution in [1.29, 1.82) is 0 Å². The van der Waals surface area contributed by atoms with Crippen LogP contribution in [-0.4, -0.2) is 23.2 Å². The van der Waals surface area contributed by atoms with Gasteiger partial charge in [-0.1, -0.05) is 6.07 Å². The molecule has 1 aromatic heterocycles. The number of nitrogens with zero attached hydrogens (tertiary/aromatic N) is 1. The van der Waals surface area contributed by atoms with Gasteiger partial charge in [0, 0.05) is 12.4 Å². The Kier molecular flexibility index (Phi) is 4.16. The Bertz CT molecular complexity index is 586. The summed E-state index contributed by atoms with van der Waals surface area (Å²) < 4.78 is 5.87. The molecule has 1 aromatic carbocycles. The number of pyridine rings is 1. The third-order valence-corrected chi connectivity index (χ3v) is 3.42. The molecule has 1 unspecified atom stereocenters. The third kappa shape index (κ3) is 2.93. The SMILES string of the molecule is COc1ccc(C(C(=O)O)c2ccncc2)cc1Br. The van der Waals surface area contributed by atoms with E-state index in [0.717, 1.165) is 4.47 Å². The van der Waals surface area contributed by atoms with Crippen LogP contribution in [0.3, 0.4) is 0 Å². The summed E-state index contributed by atoms with van der Waals surface area (Å²) in [6, 6.07) is 8.67. The lowest BCUT2D eigenvalue weighted by molar-refractivity contribution is -0.137. The monoisotopic (exact) mass is 321 g/mol. The summed E-state index contributed by atoms with van der Waals surface area (Å²) in [4.78, 5) is 15.4. The summed E-state index contributed by atoms with van der Waals surface area (Å²) in [5.74, 6) is -0.948. The minimum Gasteiger partial charge on any atom is -0.496 e. The smallest absolute Gasteiger partial charge is 0.315 e. The van der Waals surface area contributed by atoms with E-state index in [1.165, 1.54) is 0 Å². The van der Waals surface area contributed by atoms with Gasteiger partial charge in [0.1, 0.15) is 11.7 Å². The average Bonchev–Trinajstić information content (AvgIpc) is 2.40. The van der Waals surface area contributed by atoms with Gasteiger partial charge in [-0.2, -0.15) is 0 Å². The first-order valence-electron chi connectivity index (χ1n) is 5.59. The first-order valence-corrected chi connectivity index (χ1v) is 6.39. The molecule has 1 N–H and O–H groups in total. The predicted octanol–water partition coefficient (Wildman–Crippen LogP) is 3.07. The van der Waals surface area contributed by atoms with E-state index in [1.807, 2.05) is 0 Å². The summed E-state index contributed by atoms with van der Waals surface area (Å²) in [6.07, 6.45) is 3.17. The maximum Gasteiger partial charge on any atom is 0.315 e. The zero-order chi connectivity index (χ0) is 13.8. The highest BCUT2D eigenvalue weighted by Gasteiger charge is 2.22. The molecule has 19 heavy (non-hydrogen) atoms. The van der Waals surface area contributed by atoms with Crippen LogP contribution < -0.4 is 4.74 Å². The highest BCUT2D eigenvalue weighted by molar-refractivity contribution is 9.10. The van der Waals surface area contributed by atoms with E-state index in [2.05, 4.69) is 20.9 Å². The number of ether oxygens (including phenoxy) is 1. The molecule has 2 rings (SSSR count). The molecule has 4 nitrogen and oxygen atoms in total. The second kappa shape index (κ2) is 5.84. The molecule has 0 radical (unpaired) electrons. The van der Waals surface area contributed by atoms with E-state index < -0.39 is 11.9 Å². The van der Waals surface area contributed by atoms with Crippen molar-refractivity contribution in [3.05, 3.63) is 58.3 Å². The second-order valence-electron chi connectivity index (χ2n) is 3.95. The van der Waals surface area contributed by atoms with Gasteiger partial charge >= 0.3 is 5.97 Å². The lowest BCUT2D eigenvalue weighted by Gasteiger charge is -2.14. The largest absolute Gasteiger partial charge is 0.496 e. The molecule has 0 bridgehead atoms. The van der Waals surface area contributed by atoms with Gasteiger partial charge in [-0.05, 0) is 51.3 Å². The molecule has 0 saturated carbocycles. The second-order valence-corrected chi connectivity index (χ2v) is 4.80. The molecule has 0 fully saturated rings. The van der Waals surface area contributed by atoms with Crippen molar-refractivity contribution in [3.8, 4) is 5.75 Å². The van der Waals surface area contributed by atoms with Crippen LogP contribution in [-0.2, 0) is 4.79 Å². The van der Waals surface area contributed by atoms with Crippen LogP contribution in [0, 0.1) is 0 Å². The Morgan fingerprint density at radius 3 is 2.47 bits per heavy atom. The van der Waals surface area contributed by atoms with Crippen molar-refractivity contribution in [2.75, 3.05) is 7.11 Å². The molecular weight excluding hydrogens is 310 g/mol. The zero-order valence-electron chi connectivity index (χ0n) is 10.2. The van der Waals surface area contributed by atoms with Crippen LogP contribution in [0.15, 0.2) is 47.2 Å². The summed E-state index contributed by atoms with van der Waals surface area (Å²) in [5, 5.41) is 9.43. The normalized spacial score (nSPS) is 11.9. The number of aliphatic carboxylic acids is 1. The Morgan fingerprint density at radius 2 is 1.95 bits per heavy atom. The number of carbonyl (C=O) groups is 1. The van der Waals surface area contributed by atoms with Crippen LogP contribution in [0.25, 0.3) is 0 Å². The molecular formula is C14H12BrNO3. The lowest BCUT2D eigenvalue weighted by Crippen LogP contribution is -2.13. The van der Waals surface area contributed by atoms with Crippen molar-refractivity contribution < 1.29 is 14.6 Å². The van der Waals surface area contributed by atoms with Gasteiger partial charge < -0.3 is 9.84 Å². The first-order chi connectivity index (χ1) is 9.13. The Morgan fingerprint density at radius 1 is 1.26 bits per heavy atom. The van der Waals surface area contributed by atoms with Crippen LogP contribution in [0.2, 0.25) is 0 Å². The fourth-order valence-electron chi connectivity index (χ4n) is 1.90. The number of benzene rings is 1. The first kappa shape index (κ1) is 13.5. The molecule has 0 amide bonds. The molecule has 0 aliphatic carbocycles. The van der Waals surface area contributed by atoms with Crippen LogP contribution in [0.5, 0.6) is 5.75 Å². The van der Waals surface area contributed by atoms with E-state index in [9.17, 15) is 9.90 Å². The molecule has 2 aromatic rings.